The van der Waals surface area contributed by atoms with Crippen molar-refractivity contribution >= 4 is 34.0 Å². The second kappa shape index (κ2) is 12.7. The number of carbonyl (C=O) groups excluding carboxylic acids is 4. The predicted molar refractivity (Wildman–Crippen MR) is 152 cm³/mol. The molecule has 13 heteroatoms. The average Bonchev–Trinajstić information content (AvgIpc) is 3.20. The van der Waals surface area contributed by atoms with Gasteiger partial charge in [0.2, 0.25) is 11.8 Å². The van der Waals surface area contributed by atoms with Crippen molar-refractivity contribution in [1.29, 1.82) is 0 Å². The summed E-state index contributed by atoms with van der Waals surface area (Å²) in [5.74, 6) is -2.01. The van der Waals surface area contributed by atoms with Crippen molar-refractivity contribution in [2.45, 2.75) is 127 Å². The van der Waals surface area contributed by atoms with Crippen molar-refractivity contribution in [2.24, 2.45) is 5.92 Å². The van der Waals surface area contributed by atoms with Crippen LogP contribution in [0.4, 0.5) is 4.79 Å². The highest BCUT2D eigenvalue weighted by Gasteiger charge is 2.61. The van der Waals surface area contributed by atoms with Gasteiger partial charge >= 0.3 is 16.3 Å². The van der Waals surface area contributed by atoms with Crippen LogP contribution in [0.25, 0.3) is 0 Å². The molecule has 0 aromatic carbocycles. The summed E-state index contributed by atoms with van der Waals surface area (Å²) in [5, 5.41) is 5.54. The van der Waals surface area contributed by atoms with Crippen LogP contribution in [0.5, 0.6) is 0 Å². The SMILES string of the molecule is CC(C)(C)OC(=O)N[C@H]1CCCCC/C=C\[C@H]2C[C@@]2(C(=O)NS(=O)(=O)NC2CCCC2)NC(=O)[C@@H]2CCCN2C1=O. The molecule has 4 rings (SSSR count). The molecular formula is C28H45N5O7S. The summed E-state index contributed by atoms with van der Waals surface area (Å²) in [6, 6.07) is -1.90. The summed E-state index contributed by atoms with van der Waals surface area (Å²) >= 11 is 0. The van der Waals surface area contributed by atoms with E-state index in [1.807, 2.05) is 12.2 Å². The van der Waals surface area contributed by atoms with Crippen LogP contribution < -0.4 is 20.1 Å². The Kier molecular flexibility index (Phi) is 9.67. The maximum Gasteiger partial charge on any atom is 0.408 e. The van der Waals surface area contributed by atoms with Gasteiger partial charge in [-0.1, -0.05) is 37.8 Å². The summed E-state index contributed by atoms with van der Waals surface area (Å²) in [5.41, 5.74) is -2.14. The van der Waals surface area contributed by atoms with Crippen LogP contribution in [0, 0.1) is 5.92 Å². The van der Waals surface area contributed by atoms with Gasteiger partial charge in [-0.05, 0) is 72.1 Å². The molecule has 0 aromatic heterocycles. The molecule has 2 aliphatic heterocycles. The number of nitrogens with zero attached hydrogens (tertiary/aromatic N) is 1. The Morgan fingerprint density at radius 3 is 2.44 bits per heavy atom. The minimum atomic E-state index is -4.11. The summed E-state index contributed by atoms with van der Waals surface area (Å²) in [7, 11) is -4.11. The van der Waals surface area contributed by atoms with Crippen molar-refractivity contribution in [3.8, 4) is 0 Å². The number of amides is 4. The lowest BCUT2D eigenvalue weighted by Crippen LogP contribution is -2.59. The van der Waals surface area contributed by atoms with Gasteiger partial charge < -0.3 is 20.3 Å². The van der Waals surface area contributed by atoms with Gasteiger partial charge in [0.05, 0.1) is 0 Å². The fourth-order valence-electron chi connectivity index (χ4n) is 6.05. The summed E-state index contributed by atoms with van der Waals surface area (Å²) in [6.45, 7) is 5.57. The highest BCUT2D eigenvalue weighted by molar-refractivity contribution is 7.88. The largest absolute Gasteiger partial charge is 0.444 e. The van der Waals surface area contributed by atoms with Crippen LogP contribution in [-0.4, -0.2) is 72.9 Å². The third-order valence-corrected chi connectivity index (χ3v) is 9.33. The van der Waals surface area contributed by atoms with Crippen LogP contribution in [0.1, 0.15) is 97.8 Å². The van der Waals surface area contributed by atoms with Gasteiger partial charge in [-0.25, -0.2) is 9.52 Å². The standard InChI is InChI=1S/C28H45N5O7S/c1-27(2,3)40-26(37)29-21-15-8-6-4-5-7-12-19-18-28(19,30-23(34)22-16-11-17-33(22)24(21)35)25(36)32-41(38,39)31-20-13-9-10-14-20/h7,12,19-22,31H,4-6,8-11,13-18H2,1-3H3,(H,29,37)(H,30,34)(H,32,36)/b12-7-/t19-,21-,22-,28+/m0/s1. The Bertz CT molecular complexity index is 1140. The van der Waals surface area contributed by atoms with E-state index in [9.17, 15) is 27.6 Å². The number of alkyl carbamates (subject to hydrolysis) is 1. The molecule has 0 radical (unpaired) electrons. The molecule has 12 nitrogen and oxygen atoms in total. The Morgan fingerprint density at radius 2 is 1.73 bits per heavy atom. The molecule has 2 heterocycles. The van der Waals surface area contributed by atoms with Crippen molar-refractivity contribution < 1.29 is 32.3 Å². The average molecular weight is 596 g/mol. The highest BCUT2D eigenvalue weighted by atomic mass is 32.2. The lowest BCUT2D eigenvalue weighted by Gasteiger charge is -2.30. The monoisotopic (exact) mass is 595 g/mol. The Labute approximate surface area is 242 Å². The van der Waals surface area contributed by atoms with E-state index in [4.69, 9.17) is 4.74 Å². The minimum absolute atomic E-state index is 0.212. The third kappa shape index (κ3) is 8.21. The molecule has 2 aliphatic carbocycles. The predicted octanol–water partition coefficient (Wildman–Crippen LogP) is 2.16. The number of hydrogen-bond donors (Lipinski definition) is 4. The fraction of sp³-hybridized carbons (Fsp3) is 0.786. The summed E-state index contributed by atoms with van der Waals surface area (Å²) < 4.78 is 35.6. The molecule has 0 unspecified atom stereocenters. The lowest BCUT2D eigenvalue weighted by molar-refractivity contribution is -0.141. The van der Waals surface area contributed by atoms with Crippen molar-refractivity contribution in [3.05, 3.63) is 12.2 Å². The first kappa shape index (κ1) is 31.3. The maximum absolute atomic E-state index is 13.7. The Morgan fingerprint density at radius 1 is 1.02 bits per heavy atom. The van der Waals surface area contributed by atoms with Crippen LogP contribution >= 0.6 is 0 Å². The number of hydrogen-bond acceptors (Lipinski definition) is 7. The number of ether oxygens (including phenoxy) is 1. The van der Waals surface area contributed by atoms with Gasteiger partial charge in [0.25, 0.3) is 5.91 Å². The molecule has 0 bridgehead atoms. The molecule has 0 aromatic rings. The second-order valence-electron chi connectivity index (χ2n) is 12.8. The molecule has 1 saturated heterocycles. The van der Waals surface area contributed by atoms with E-state index in [1.54, 1.807) is 20.8 Å². The third-order valence-electron chi connectivity index (χ3n) is 8.23. The topological polar surface area (TPSA) is 163 Å². The van der Waals surface area contributed by atoms with E-state index in [2.05, 4.69) is 20.1 Å². The van der Waals surface area contributed by atoms with Gasteiger partial charge in [0.15, 0.2) is 0 Å². The summed E-state index contributed by atoms with van der Waals surface area (Å²) in [4.78, 5) is 54.7. The number of nitrogens with one attached hydrogen (secondary N) is 4. The minimum Gasteiger partial charge on any atom is -0.444 e. The smallest absolute Gasteiger partial charge is 0.408 e. The zero-order chi connectivity index (χ0) is 29.8. The molecule has 3 fully saturated rings. The van der Waals surface area contributed by atoms with E-state index in [-0.39, 0.29) is 24.3 Å². The first-order chi connectivity index (χ1) is 19.3. The lowest BCUT2D eigenvalue weighted by atomic mass is 10.0. The van der Waals surface area contributed by atoms with Gasteiger partial charge in [-0.15, -0.1) is 0 Å². The van der Waals surface area contributed by atoms with Gasteiger partial charge in [0, 0.05) is 18.5 Å². The highest BCUT2D eigenvalue weighted by Crippen LogP contribution is 2.45. The van der Waals surface area contributed by atoms with Crippen molar-refractivity contribution in [1.82, 2.24) is 25.0 Å². The molecule has 4 atom stereocenters. The molecule has 41 heavy (non-hydrogen) atoms. The van der Waals surface area contributed by atoms with E-state index in [0.717, 1.165) is 44.9 Å². The molecule has 230 valence electrons. The molecule has 0 spiro atoms. The van der Waals surface area contributed by atoms with Gasteiger partial charge in [-0.2, -0.15) is 13.1 Å². The maximum atomic E-state index is 13.7. The molecule has 2 saturated carbocycles. The van der Waals surface area contributed by atoms with Crippen LogP contribution in [0.3, 0.4) is 0 Å². The number of allylic oxidation sites excluding steroid dienone is 1. The zero-order valence-electron chi connectivity index (χ0n) is 24.4. The molecule has 4 N–H and O–H groups in total. The molecule has 4 amide bonds. The first-order valence-corrected chi connectivity index (χ1v) is 16.4. The van der Waals surface area contributed by atoms with E-state index >= 15 is 0 Å². The summed E-state index contributed by atoms with van der Waals surface area (Å²) in [6.07, 6.45) is 11.2. The zero-order valence-corrected chi connectivity index (χ0v) is 25.2. The van der Waals surface area contributed by atoms with E-state index in [1.165, 1.54) is 4.90 Å². The molecule has 4 aliphatic rings. The van der Waals surface area contributed by atoms with Crippen molar-refractivity contribution in [3.63, 3.8) is 0 Å². The Hall–Kier alpha value is -2.67. The number of rotatable bonds is 5. The van der Waals surface area contributed by atoms with E-state index < -0.39 is 51.3 Å². The quantitative estimate of drug-likeness (QED) is 0.354. The van der Waals surface area contributed by atoms with E-state index in [0.29, 0.717) is 32.2 Å². The van der Waals surface area contributed by atoms with Crippen LogP contribution in [0.2, 0.25) is 0 Å². The van der Waals surface area contributed by atoms with Crippen molar-refractivity contribution in [2.75, 3.05) is 6.54 Å². The number of carbonyl (C=O) groups is 4. The first-order valence-electron chi connectivity index (χ1n) is 14.9. The number of fused-ring (bicyclic) bond motifs is 2. The second-order valence-corrected chi connectivity index (χ2v) is 14.2. The van der Waals surface area contributed by atoms with Crippen LogP contribution in [0.15, 0.2) is 12.2 Å². The molecular weight excluding hydrogens is 550 g/mol. The fourth-order valence-corrected chi connectivity index (χ4v) is 7.21. The Balaban J connectivity index is 1.51. The normalized spacial score (nSPS) is 30.7. The van der Waals surface area contributed by atoms with Gasteiger partial charge in [-0.3, -0.25) is 14.4 Å². The van der Waals surface area contributed by atoms with Gasteiger partial charge in [0.1, 0.15) is 23.2 Å². The van der Waals surface area contributed by atoms with Crippen LogP contribution in [-0.2, 0) is 29.3 Å².